The van der Waals surface area contributed by atoms with Crippen LogP contribution < -0.4 is 10.2 Å². The van der Waals surface area contributed by atoms with Gasteiger partial charge >= 0.3 is 0 Å². The highest BCUT2D eigenvalue weighted by Gasteiger charge is 2.26. The fourth-order valence-electron chi connectivity index (χ4n) is 3.13. The number of carbonyl (C=O) groups excluding carboxylic acids is 1. The van der Waals surface area contributed by atoms with Crippen molar-refractivity contribution in [3.8, 4) is 0 Å². The van der Waals surface area contributed by atoms with Crippen molar-refractivity contribution in [2.24, 2.45) is 0 Å². The van der Waals surface area contributed by atoms with Gasteiger partial charge in [0.15, 0.2) is 11.3 Å². The van der Waals surface area contributed by atoms with Crippen molar-refractivity contribution in [2.45, 2.75) is 25.8 Å². The van der Waals surface area contributed by atoms with Crippen LogP contribution in [0.4, 0.5) is 5.95 Å². The van der Waals surface area contributed by atoms with Gasteiger partial charge in [0, 0.05) is 43.9 Å². The minimum Gasteiger partial charge on any atom is -0.346 e. The Morgan fingerprint density at radius 1 is 1.31 bits per heavy atom. The van der Waals surface area contributed by atoms with E-state index in [1.165, 1.54) is 4.52 Å². The molecule has 0 bridgehead atoms. The minimum atomic E-state index is -0.293. The molecule has 1 aliphatic rings. The molecule has 4 heterocycles. The predicted octanol–water partition coefficient (Wildman–Crippen LogP) is 1.88. The van der Waals surface area contributed by atoms with Crippen LogP contribution in [-0.4, -0.2) is 49.6 Å². The lowest BCUT2D eigenvalue weighted by Gasteiger charge is -2.32. The van der Waals surface area contributed by atoms with Crippen molar-refractivity contribution >= 4 is 29.1 Å². The molecule has 8 nitrogen and oxygen atoms in total. The molecule has 1 saturated heterocycles. The van der Waals surface area contributed by atoms with E-state index in [9.17, 15) is 4.79 Å². The number of aromatic nitrogens is 5. The van der Waals surface area contributed by atoms with E-state index in [1.54, 1.807) is 30.9 Å². The van der Waals surface area contributed by atoms with Crippen LogP contribution >= 0.6 is 11.6 Å². The highest BCUT2D eigenvalue weighted by Crippen LogP contribution is 2.21. The molecular weight excluding hydrogens is 354 g/mol. The number of rotatable bonds is 3. The van der Waals surface area contributed by atoms with Crippen molar-refractivity contribution in [1.29, 1.82) is 0 Å². The standard InChI is InChI=1S/C17H18ClN7O/c1-11-8-21-15-13(18)14(23-25(15)9-11)16(26)22-12-4-2-7-24(10-12)17-19-5-3-6-20-17/h3,5-6,8-9,12H,2,4,7,10H2,1H3,(H,22,26). The zero-order chi connectivity index (χ0) is 18.1. The Hall–Kier alpha value is -2.74. The van der Waals surface area contributed by atoms with Crippen molar-refractivity contribution in [2.75, 3.05) is 18.0 Å². The first kappa shape index (κ1) is 16.7. The molecule has 0 aliphatic carbocycles. The monoisotopic (exact) mass is 371 g/mol. The van der Waals surface area contributed by atoms with Gasteiger partial charge in [0.2, 0.25) is 5.95 Å². The van der Waals surface area contributed by atoms with Gasteiger partial charge in [0.1, 0.15) is 5.02 Å². The molecule has 0 aromatic carbocycles. The third-order valence-electron chi connectivity index (χ3n) is 4.35. The summed E-state index contributed by atoms with van der Waals surface area (Å²) in [5.41, 5.74) is 1.61. The molecule has 1 fully saturated rings. The number of nitrogens with zero attached hydrogens (tertiary/aromatic N) is 6. The summed E-state index contributed by atoms with van der Waals surface area (Å²) in [6.07, 6.45) is 8.76. The van der Waals surface area contributed by atoms with E-state index in [2.05, 4.69) is 30.3 Å². The summed E-state index contributed by atoms with van der Waals surface area (Å²) in [5.74, 6) is 0.385. The van der Waals surface area contributed by atoms with Gasteiger partial charge in [-0.05, 0) is 31.4 Å². The SMILES string of the molecule is Cc1cnc2c(Cl)c(C(=O)NC3CCCN(c4ncccn4)C3)nn2c1. The average molecular weight is 372 g/mol. The Morgan fingerprint density at radius 3 is 2.92 bits per heavy atom. The molecule has 134 valence electrons. The molecule has 1 atom stereocenters. The molecule has 1 aliphatic heterocycles. The van der Waals surface area contributed by atoms with Gasteiger partial charge in [0.25, 0.3) is 5.91 Å². The first-order valence-electron chi connectivity index (χ1n) is 8.45. The number of hydrogen-bond donors (Lipinski definition) is 1. The van der Waals surface area contributed by atoms with Crippen LogP contribution in [-0.2, 0) is 0 Å². The largest absolute Gasteiger partial charge is 0.346 e. The molecule has 4 rings (SSSR count). The van der Waals surface area contributed by atoms with Crippen molar-refractivity contribution in [1.82, 2.24) is 29.9 Å². The number of fused-ring (bicyclic) bond motifs is 1. The Kier molecular flexibility index (Phi) is 4.42. The summed E-state index contributed by atoms with van der Waals surface area (Å²) in [6.45, 7) is 3.43. The first-order chi connectivity index (χ1) is 12.6. The van der Waals surface area contributed by atoms with E-state index in [4.69, 9.17) is 11.6 Å². The van der Waals surface area contributed by atoms with E-state index in [0.717, 1.165) is 24.9 Å². The van der Waals surface area contributed by atoms with E-state index in [1.807, 2.05) is 6.92 Å². The van der Waals surface area contributed by atoms with Gasteiger partial charge < -0.3 is 10.2 Å². The highest BCUT2D eigenvalue weighted by atomic mass is 35.5. The third-order valence-corrected chi connectivity index (χ3v) is 4.70. The number of aryl methyl sites for hydroxylation is 1. The quantitative estimate of drug-likeness (QED) is 0.756. The summed E-state index contributed by atoms with van der Waals surface area (Å²) < 4.78 is 1.54. The van der Waals surface area contributed by atoms with Crippen molar-refractivity contribution < 1.29 is 4.79 Å². The average Bonchev–Trinajstić information content (AvgIpc) is 2.98. The molecule has 1 unspecified atom stereocenters. The lowest BCUT2D eigenvalue weighted by molar-refractivity contribution is 0.0928. The Balaban J connectivity index is 1.50. The van der Waals surface area contributed by atoms with Gasteiger partial charge in [-0.2, -0.15) is 5.10 Å². The number of nitrogens with one attached hydrogen (secondary N) is 1. The zero-order valence-corrected chi connectivity index (χ0v) is 15.0. The second-order valence-electron chi connectivity index (χ2n) is 6.37. The predicted molar refractivity (Wildman–Crippen MR) is 97.5 cm³/mol. The van der Waals surface area contributed by atoms with Gasteiger partial charge in [0.05, 0.1) is 0 Å². The van der Waals surface area contributed by atoms with Crippen molar-refractivity contribution in [3.05, 3.63) is 47.1 Å². The van der Waals surface area contributed by atoms with Crippen LogP contribution in [0.1, 0.15) is 28.9 Å². The topological polar surface area (TPSA) is 88.3 Å². The van der Waals surface area contributed by atoms with E-state index >= 15 is 0 Å². The maximum absolute atomic E-state index is 12.7. The number of hydrogen-bond acceptors (Lipinski definition) is 6. The molecule has 1 N–H and O–H groups in total. The first-order valence-corrected chi connectivity index (χ1v) is 8.83. The third kappa shape index (κ3) is 3.20. The maximum Gasteiger partial charge on any atom is 0.273 e. The summed E-state index contributed by atoms with van der Waals surface area (Å²) in [5, 5.41) is 7.58. The number of halogens is 1. The minimum absolute atomic E-state index is 0.0179. The Labute approximate surface area is 155 Å². The second kappa shape index (κ2) is 6.87. The van der Waals surface area contributed by atoms with Crippen LogP contribution in [0.15, 0.2) is 30.9 Å². The van der Waals surface area contributed by atoms with Crippen LogP contribution in [0.25, 0.3) is 5.65 Å². The van der Waals surface area contributed by atoms with E-state index in [0.29, 0.717) is 18.1 Å². The fraction of sp³-hybridized carbons (Fsp3) is 0.353. The molecule has 0 spiro atoms. The Morgan fingerprint density at radius 2 is 2.12 bits per heavy atom. The number of carbonyl (C=O) groups is 1. The second-order valence-corrected chi connectivity index (χ2v) is 6.75. The van der Waals surface area contributed by atoms with Gasteiger partial charge in [-0.1, -0.05) is 11.6 Å². The molecule has 3 aromatic heterocycles. The van der Waals surface area contributed by atoms with Gasteiger partial charge in [-0.25, -0.2) is 19.5 Å². The van der Waals surface area contributed by atoms with Crippen LogP contribution in [0.2, 0.25) is 5.02 Å². The lowest BCUT2D eigenvalue weighted by Crippen LogP contribution is -2.48. The number of piperidine rings is 1. The zero-order valence-electron chi connectivity index (χ0n) is 14.3. The summed E-state index contributed by atoms with van der Waals surface area (Å²) >= 11 is 6.31. The summed E-state index contributed by atoms with van der Waals surface area (Å²) in [4.78, 5) is 27.6. The summed E-state index contributed by atoms with van der Waals surface area (Å²) in [6, 6.07) is 1.77. The molecule has 0 radical (unpaired) electrons. The molecular formula is C17H18ClN7O. The number of anilines is 1. The summed E-state index contributed by atoms with van der Waals surface area (Å²) in [7, 11) is 0. The molecule has 1 amide bonds. The van der Waals surface area contributed by atoms with Crippen molar-refractivity contribution in [3.63, 3.8) is 0 Å². The maximum atomic E-state index is 12.7. The molecule has 9 heteroatoms. The number of amides is 1. The van der Waals surface area contributed by atoms with Crippen LogP contribution in [0, 0.1) is 6.92 Å². The Bertz CT molecular complexity index is 943. The molecule has 26 heavy (non-hydrogen) atoms. The van der Waals surface area contributed by atoms with Crippen LogP contribution in [0.3, 0.4) is 0 Å². The lowest BCUT2D eigenvalue weighted by atomic mass is 10.1. The highest BCUT2D eigenvalue weighted by molar-refractivity contribution is 6.36. The van der Waals surface area contributed by atoms with E-state index in [-0.39, 0.29) is 22.7 Å². The van der Waals surface area contributed by atoms with Gasteiger partial charge in [-0.3, -0.25) is 4.79 Å². The normalized spacial score (nSPS) is 17.5. The smallest absolute Gasteiger partial charge is 0.273 e. The fourth-order valence-corrected chi connectivity index (χ4v) is 3.39. The molecule has 3 aromatic rings. The molecule has 0 saturated carbocycles. The van der Waals surface area contributed by atoms with Crippen LogP contribution in [0.5, 0.6) is 0 Å². The van der Waals surface area contributed by atoms with E-state index < -0.39 is 0 Å². The van der Waals surface area contributed by atoms with Gasteiger partial charge in [-0.15, -0.1) is 0 Å².